The zero-order chi connectivity index (χ0) is 41.7. The van der Waals surface area contributed by atoms with Crippen LogP contribution < -0.4 is 0 Å². The van der Waals surface area contributed by atoms with Crippen LogP contribution in [0.4, 0.5) is 0 Å². The van der Waals surface area contributed by atoms with E-state index in [2.05, 4.69) is 60.7 Å². The highest BCUT2D eigenvalue weighted by molar-refractivity contribution is 5.89. The number of aromatic nitrogens is 6. The van der Waals surface area contributed by atoms with E-state index in [-0.39, 0.29) is 0 Å². The first-order valence-electron chi connectivity index (χ1n) is 20.3. The van der Waals surface area contributed by atoms with Gasteiger partial charge in [0.15, 0.2) is 34.9 Å². The van der Waals surface area contributed by atoms with Gasteiger partial charge in [-0.15, -0.1) is 0 Å². The quantitative estimate of drug-likeness (QED) is 0.143. The van der Waals surface area contributed by atoms with Gasteiger partial charge in [-0.1, -0.05) is 182 Å². The SMILES string of the molecule is N#Cc1ccc(-c2ccc(-c3cccc(-c4nc(-c5ccccc5)nc(-c5ccccc5)n4)c3)c(-c3cccc(-c4nc(-c5ccccc5)nc(-c5ccccc5)n4)c3)c2)cc1. The molecule has 0 fully saturated rings. The molecule has 0 spiro atoms. The van der Waals surface area contributed by atoms with Crippen molar-refractivity contribution in [2.75, 3.05) is 0 Å². The van der Waals surface area contributed by atoms with Crippen molar-refractivity contribution in [1.29, 1.82) is 5.26 Å². The van der Waals surface area contributed by atoms with E-state index < -0.39 is 0 Å². The molecule has 62 heavy (non-hydrogen) atoms. The predicted molar refractivity (Wildman–Crippen MR) is 247 cm³/mol. The van der Waals surface area contributed by atoms with Crippen molar-refractivity contribution in [2.24, 2.45) is 0 Å². The van der Waals surface area contributed by atoms with Crippen LogP contribution in [-0.4, -0.2) is 29.9 Å². The third-order valence-electron chi connectivity index (χ3n) is 10.6. The predicted octanol–water partition coefficient (Wildman–Crippen LogP) is 12.9. The molecule has 2 aromatic heterocycles. The molecule has 0 aliphatic heterocycles. The Kier molecular flexibility index (Phi) is 10.2. The fourth-order valence-electron chi connectivity index (χ4n) is 7.48. The van der Waals surface area contributed by atoms with Gasteiger partial charge in [-0.3, -0.25) is 0 Å². The van der Waals surface area contributed by atoms with Gasteiger partial charge in [-0.05, 0) is 63.7 Å². The van der Waals surface area contributed by atoms with Crippen LogP contribution in [0.25, 0.3) is 102 Å². The van der Waals surface area contributed by atoms with Crippen molar-refractivity contribution >= 4 is 0 Å². The van der Waals surface area contributed by atoms with Crippen molar-refractivity contribution in [3.05, 3.63) is 218 Å². The standard InChI is InChI=1S/C55H35N7/c56-36-37-27-29-38(30-28-37)43-31-32-48(44-23-13-25-46(33-44)54-59-50(39-15-5-1-6-16-39)57-51(60-54)40-17-7-2-8-18-40)49(35-43)45-24-14-26-47(34-45)55-61-52(41-19-9-3-10-20-41)58-53(62-55)42-21-11-4-12-22-42/h1-35H. The number of benzene rings is 8. The average Bonchev–Trinajstić information content (AvgIpc) is 3.37. The minimum Gasteiger partial charge on any atom is -0.208 e. The van der Waals surface area contributed by atoms with Gasteiger partial charge in [0.05, 0.1) is 11.6 Å². The second kappa shape index (κ2) is 16.9. The van der Waals surface area contributed by atoms with Crippen LogP contribution in [0.3, 0.4) is 0 Å². The Morgan fingerprint density at radius 1 is 0.242 bits per heavy atom. The number of nitrogens with zero attached hydrogens (tertiary/aromatic N) is 7. The van der Waals surface area contributed by atoms with E-state index in [1.165, 1.54) is 0 Å². The highest BCUT2D eigenvalue weighted by Crippen LogP contribution is 2.39. The molecule has 0 bridgehead atoms. The fourth-order valence-corrected chi connectivity index (χ4v) is 7.48. The summed E-state index contributed by atoms with van der Waals surface area (Å²) >= 11 is 0. The minimum atomic E-state index is 0.574. The van der Waals surface area contributed by atoms with Gasteiger partial charge < -0.3 is 0 Å². The van der Waals surface area contributed by atoms with Gasteiger partial charge in [0.2, 0.25) is 0 Å². The monoisotopic (exact) mass is 793 g/mol. The van der Waals surface area contributed by atoms with Crippen LogP contribution in [-0.2, 0) is 0 Å². The third-order valence-corrected chi connectivity index (χ3v) is 10.6. The van der Waals surface area contributed by atoms with Crippen molar-refractivity contribution in [1.82, 2.24) is 29.9 Å². The molecule has 0 saturated carbocycles. The zero-order valence-electron chi connectivity index (χ0n) is 33.3. The zero-order valence-corrected chi connectivity index (χ0v) is 33.3. The lowest BCUT2D eigenvalue weighted by atomic mass is 9.89. The summed E-state index contributed by atoms with van der Waals surface area (Å²) < 4.78 is 0. The highest BCUT2D eigenvalue weighted by atomic mass is 15.0. The maximum absolute atomic E-state index is 9.51. The molecule has 0 N–H and O–H groups in total. The Bertz CT molecular complexity index is 3110. The summed E-state index contributed by atoms with van der Waals surface area (Å²) in [6.07, 6.45) is 0. The molecule has 0 atom stereocenters. The Morgan fingerprint density at radius 2 is 0.565 bits per heavy atom. The van der Waals surface area contributed by atoms with Crippen molar-refractivity contribution in [3.63, 3.8) is 0 Å². The van der Waals surface area contributed by atoms with Crippen LogP contribution in [0, 0.1) is 11.3 Å². The summed E-state index contributed by atoms with van der Waals surface area (Å²) in [5, 5.41) is 9.51. The number of rotatable bonds is 9. The summed E-state index contributed by atoms with van der Waals surface area (Å²) in [6, 6.07) is 73.2. The Morgan fingerprint density at radius 3 is 0.952 bits per heavy atom. The Hall–Kier alpha value is -8.73. The maximum Gasteiger partial charge on any atom is 0.164 e. The van der Waals surface area contributed by atoms with E-state index in [9.17, 15) is 5.26 Å². The van der Waals surface area contributed by atoms with E-state index in [0.29, 0.717) is 40.5 Å². The third kappa shape index (κ3) is 7.87. The number of nitriles is 1. The molecule has 0 unspecified atom stereocenters. The fraction of sp³-hybridized carbons (Fsp3) is 0. The Balaban J connectivity index is 1.12. The number of hydrogen-bond acceptors (Lipinski definition) is 7. The molecule has 7 heteroatoms. The normalized spacial score (nSPS) is 10.9. The van der Waals surface area contributed by atoms with E-state index in [1.807, 2.05) is 158 Å². The van der Waals surface area contributed by atoms with Crippen molar-refractivity contribution in [2.45, 2.75) is 0 Å². The van der Waals surface area contributed by atoms with Crippen LogP contribution in [0.15, 0.2) is 212 Å². The minimum absolute atomic E-state index is 0.574. The van der Waals surface area contributed by atoms with E-state index in [4.69, 9.17) is 29.9 Å². The molecule has 10 rings (SSSR count). The van der Waals surface area contributed by atoms with Crippen LogP contribution in [0.1, 0.15) is 5.56 Å². The molecule has 0 amide bonds. The van der Waals surface area contributed by atoms with Crippen LogP contribution in [0.2, 0.25) is 0 Å². The van der Waals surface area contributed by atoms with Crippen LogP contribution >= 0.6 is 0 Å². The topological polar surface area (TPSA) is 101 Å². The molecule has 7 nitrogen and oxygen atoms in total. The summed E-state index contributed by atoms with van der Waals surface area (Å²) in [7, 11) is 0. The molecule has 0 aliphatic carbocycles. The smallest absolute Gasteiger partial charge is 0.164 e. The molecule has 0 radical (unpaired) electrons. The second-order valence-electron chi connectivity index (χ2n) is 14.7. The van der Waals surface area contributed by atoms with Gasteiger partial charge in [0.1, 0.15) is 0 Å². The molecule has 10 aromatic rings. The lowest BCUT2D eigenvalue weighted by Gasteiger charge is -2.15. The molecule has 0 saturated heterocycles. The molecular weight excluding hydrogens is 759 g/mol. The molecule has 2 heterocycles. The summed E-state index contributed by atoms with van der Waals surface area (Å²) in [5.74, 6) is 3.57. The van der Waals surface area contributed by atoms with Crippen LogP contribution in [0.5, 0.6) is 0 Å². The Labute approximate surface area is 359 Å². The first kappa shape index (κ1) is 37.5. The average molecular weight is 794 g/mol. The van der Waals surface area contributed by atoms with Gasteiger partial charge in [-0.25, -0.2) is 29.9 Å². The molecular formula is C55H35N7. The first-order chi connectivity index (χ1) is 30.6. The van der Waals surface area contributed by atoms with E-state index in [0.717, 1.165) is 66.8 Å². The molecule has 8 aromatic carbocycles. The lowest BCUT2D eigenvalue weighted by molar-refractivity contribution is 1.07. The van der Waals surface area contributed by atoms with Gasteiger partial charge >= 0.3 is 0 Å². The van der Waals surface area contributed by atoms with E-state index in [1.54, 1.807) is 0 Å². The van der Waals surface area contributed by atoms with Crippen molar-refractivity contribution < 1.29 is 0 Å². The van der Waals surface area contributed by atoms with E-state index >= 15 is 0 Å². The van der Waals surface area contributed by atoms with Gasteiger partial charge in [0.25, 0.3) is 0 Å². The highest BCUT2D eigenvalue weighted by Gasteiger charge is 2.17. The first-order valence-corrected chi connectivity index (χ1v) is 20.3. The maximum atomic E-state index is 9.51. The second-order valence-corrected chi connectivity index (χ2v) is 14.7. The largest absolute Gasteiger partial charge is 0.208 e. The summed E-state index contributed by atoms with van der Waals surface area (Å²) in [5.41, 5.74) is 12.0. The van der Waals surface area contributed by atoms with Gasteiger partial charge in [-0.2, -0.15) is 5.26 Å². The molecule has 0 aliphatic rings. The van der Waals surface area contributed by atoms with Crippen molar-refractivity contribution in [3.8, 4) is 108 Å². The summed E-state index contributed by atoms with van der Waals surface area (Å²) in [4.78, 5) is 29.9. The van der Waals surface area contributed by atoms with Gasteiger partial charge in [0, 0.05) is 33.4 Å². The lowest BCUT2D eigenvalue weighted by Crippen LogP contribution is -2.00. The molecule has 290 valence electrons. The number of hydrogen-bond donors (Lipinski definition) is 0. The summed E-state index contributed by atoms with van der Waals surface area (Å²) in [6.45, 7) is 0.